The summed E-state index contributed by atoms with van der Waals surface area (Å²) in [6, 6.07) is 0.745. The van der Waals surface area contributed by atoms with Gasteiger partial charge in [0.1, 0.15) is 0 Å². The lowest BCUT2D eigenvalue weighted by atomic mass is 9.94. The molecule has 1 aromatic heterocycles. The zero-order chi connectivity index (χ0) is 14.8. The van der Waals surface area contributed by atoms with Crippen molar-refractivity contribution in [2.75, 3.05) is 19.8 Å². The van der Waals surface area contributed by atoms with Gasteiger partial charge in [0.15, 0.2) is 0 Å². The predicted molar refractivity (Wildman–Crippen MR) is 81.0 cm³/mol. The average molecular weight is 293 g/mol. The molecule has 3 rings (SSSR count). The standard InChI is InChI=1S/C16H27N3O2/c1-12(2)19-10-13(8-17-19)9-18-6-7-21-11-15(18)14-4-3-5-16(14)20/h8,10,12,14-16,20H,3-7,9,11H2,1-2H3/t14-,15-,16-/m1/s1. The van der Waals surface area contributed by atoms with Crippen molar-refractivity contribution in [1.29, 1.82) is 0 Å². The molecule has 0 unspecified atom stereocenters. The lowest BCUT2D eigenvalue weighted by molar-refractivity contribution is -0.0536. The molecule has 21 heavy (non-hydrogen) atoms. The molecule has 1 N–H and O–H groups in total. The Morgan fingerprint density at radius 3 is 2.95 bits per heavy atom. The van der Waals surface area contributed by atoms with Crippen LogP contribution in [0.15, 0.2) is 12.4 Å². The number of aromatic nitrogens is 2. The Morgan fingerprint density at radius 1 is 1.43 bits per heavy atom. The molecule has 0 radical (unpaired) electrons. The number of rotatable bonds is 4. The minimum Gasteiger partial charge on any atom is -0.393 e. The quantitative estimate of drug-likeness (QED) is 0.920. The molecule has 0 amide bonds. The fraction of sp³-hybridized carbons (Fsp3) is 0.812. The third-order valence-corrected chi connectivity index (χ3v) is 4.88. The maximum atomic E-state index is 10.2. The Morgan fingerprint density at radius 2 is 2.29 bits per heavy atom. The maximum absolute atomic E-state index is 10.2. The Labute approximate surface area is 126 Å². The van der Waals surface area contributed by atoms with E-state index in [9.17, 15) is 5.11 Å². The van der Waals surface area contributed by atoms with Crippen molar-refractivity contribution in [3.05, 3.63) is 18.0 Å². The number of ether oxygens (including phenoxy) is 1. The highest BCUT2D eigenvalue weighted by atomic mass is 16.5. The third-order valence-electron chi connectivity index (χ3n) is 4.88. The first-order valence-corrected chi connectivity index (χ1v) is 8.18. The molecule has 5 nitrogen and oxygen atoms in total. The van der Waals surface area contributed by atoms with E-state index in [4.69, 9.17) is 4.74 Å². The van der Waals surface area contributed by atoms with Crippen molar-refractivity contribution < 1.29 is 9.84 Å². The summed E-state index contributed by atoms with van der Waals surface area (Å²) >= 11 is 0. The SMILES string of the molecule is CC(C)n1cc(CN2CCOC[C@@H]2[C@H]2CCC[C@H]2O)cn1. The molecule has 0 spiro atoms. The topological polar surface area (TPSA) is 50.5 Å². The van der Waals surface area contributed by atoms with E-state index in [1.54, 1.807) is 0 Å². The van der Waals surface area contributed by atoms with Crippen LogP contribution >= 0.6 is 0 Å². The summed E-state index contributed by atoms with van der Waals surface area (Å²) in [7, 11) is 0. The van der Waals surface area contributed by atoms with Crippen molar-refractivity contribution in [1.82, 2.24) is 14.7 Å². The van der Waals surface area contributed by atoms with Crippen molar-refractivity contribution in [2.24, 2.45) is 5.92 Å². The number of aliphatic hydroxyl groups is 1. The van der Waals surface area contributed by atoms with Crippen LogP contribution in [0.1, 0.15) is 44.7 Å². The second kappa shape index (κ2) is 6.46. The van der Waals surface area contributed by atoms with E-state index in [1.807, 2.05) is 10.9 Å². The van der Waals surface area contributed by atoms with E-state index in [0.717, 1.165) is 45.6 Å². The van der Waals surface area contributed by atoms with E-state index < -0.39 is 0 Å². The zero-order valence-electron chi connectivity index (χ0n) is 13.1. The summed E-state index contributed by atoms with van der Waals surface area (Å²) in [6.07, 6.45) is 7.16. The highest BCUT2D eigenvalue weighted by molar-refractivity contribution is 5.05. The molecule has 0 aromatic carbocycles. The Bertz CT molecular complexity index is 460. The van der Waals surface area contributed by atoms with Gasteiger partial charge in [-0.05, 0) is 26.7 Å². The lowest BCUT2D eigenvalue weighted by Crippen LogP contribution is -2.50. The lowest BCUT2D eigenvalue weighted by Gasteiger charge is -2.39. The van der Waals surface area contributed by atoms with Crippen LogP contribution in [0.5, 0.6) is 0 Å². The second-order valence-electron chi connectivity index (χ2n) is 6.70. The van der Waals surface area contributed by atoms with E-state index in [2.05, 4.69) is 30.0 Å². The molecule has 118 valence electrons. The number of hydrogen-bond acceptors (Lipinski definition) is 4. The first kappa shape index (κ1) is 15.0. The number of nitrogens with zero attached hydrogens (tertiary/aromatic N) is 3. The van der Waals surface area contributed by atoms with Crippen molar-refractivity contribution in [3.63, 3.8) is 0 Å². The van der Waals surface area contributed by atoms with Crippen molar-refractivity contribution in [3.8, 4) is 0 Å². The van der Waals surface area contributed by atoms with E-state index in [-0.39, 0.29) is 6.10 Å². The summed E-state index contributed by atoms with van der Waals surface area (Å²) in [5.74, 6) is 0.366. The number of aliphatic hydroxyl groups excluding tert-OH is 1. The molecule has 0 bridgehead atoms. The van der Waals surface area contributed by atoms with Crippen LogP contribution in [0.2, 0.25) is 0 Å². The number of morpholine rings is 1. The van der Waals surface area contributed by atoms with Gasteiger partial charge in [0.05, 0.1) is 25.5 Å². The minimum absolute atomic E-state index is 0.155. The van der Waals surface area contributed by atoms with Crippen LogP contribution in [0.3, 0.4) is 0 Å². The van der Waals surface area contributed by atoms with Gasteiger partial charge in [-0.25, -0.2) is 0 Å². The molecular weight excluding hydrogens is 266 g/mol. The first-order valence-electron chi connectivity index (χ1n) is 8.18. The molecule has 1 saturated carbocycles. The van der Waals surface area contributed by atoms with Gasteiger partial charge in [-0.3, -0.25) is 9.58 Å². The van der Waals surface area contributed by atoms with Gasteiger partial charge in [-0.1, -0.05) is 6.42 Å². The molecule has 2 aliphatic rings. The molecule has 1 aromatic rings. The highest BCUT2D eigenvalue weighted by Gasteiger charge is 2.37. The van der Waals surface area contributed by atoms with Crippen LogP contribution in [-0.4, -0.2) is 51.7 Å². The van der Waals surface area contributed by atoms with Gasteiger partial charge in [-0.15, -0.1) is 0 Å². The van der Waals surface area contributed by atoms with Crippen molar-refractivity contribution in [2.45, 2.75) is 57.8 Å². The molecule has 3 atom stereocenters. The minimum atomic E-state index is -0.155. The van der Waals surface area contributed by atoms with Gasteiger partial charge in [0.2, 0.25) is 0 Å². The van der Waals surface area contributed by atoms with Crippen LogP contribution in [-0.2, 0) is 11.3 Å². The zero-order valence-corrected chi connectivity index (χ0v) is 13.1. The van der Waals surface area contributed by atoms with Crippen LogP contribution < -0.4 is 0 Å². The van der Waals surface area contributed by atoms with Crippen LogP contribution in [0.4, 0.5) is 0 Å². The fourth-order valence-electron chi connectivity index (χ4n) is 3.64. The van der Waals surface area contributed by atoms with Crippen molar-refractivity contribution >= 4 is 0 Å². The van der Waals surface area contributed by atoms with E-state index in [1.165, 1.54) is 5.56 Å². The van der Waals surface area contributed by atoms with Crippen LogP contribution in [0, 0.1) is 5.92 Å². The largest absolute Gasteiger partial charge is 0.393 e. The van der Waals surface area contributed by atoms with E-state index in [0.29, 0.717) is 18.0 Å². The molecule has 5 heteroatoms. The van der Waals surface area contributed by atoms with Gasteiger partial charge in [0.25, 0.3) is 0 Å². The molecule has 2 fully saturated rings. The van der Waals surface area contributed by atoms with Gasteiger partial charge in [-0.2, -0.15) is 5.10 Å². The average Bonchev–Trinajstić information content (AvgIpc) is 3.09. The maximum Gasteiger partial charge on any atom is 0.0626 e. The Balaban J connectivity index is 1.68. The molecule has 1 aliphatic carbocycles. The van der Waals surface area contributed by atoms with E-state index >= 15 is 0 Å². The summed E-state index contributed by atoms with van der Waals surface area (Å²) in [5, 5.41) is 14.6. The van der Waals surface area contributed by atoms with Gasteiger partial charge in [0, 0.05) is 42.9 Å². The Hall–Kier alpha value is -0.910. The smallest absolute Gasteiger partial charge is 0.0626 e. The Kier molecular flexibility index (Phi) is 4.62. The normalized spacial score (nSPS) is 31.1. The summed E-state index contributed by atoms with van der Waals surface area (Å²) in [4.78, 5) is 2.48. The monoisotopic (exact) mass is 293 g/mol. The molecule has 1 saturated heterocycles. The molecule has 2 heterocycles. The summed E-state index contributed by atoms with van der Waals surface area (Å²) < 4.78 is 7.69. The fourth-order valence-corrected chi connectivity index (χ4v) is 3.64. The number of hydrogen-bond donors (Lipinski definition) is 1. The van der Waals surface area contributed by atoms with Gasteiger partial charge >= 0.3 is 0 Å². The molecular formula is C16H27N3O2. The highest BCUT2D eigenvalue weighted by Crippen LogP contribution is 2.32. The van der Waals surface area contributed by atoms with Crippen LogP contribution in [0.25, 0.3) is 0 Å². The van der Waals surface area contributed by atoms with Gasteiger partial charge < -0.3 is 9.84 Å². The summed E-state index contributed by atoms with van der Waals surface area (Å²) in [6.45, 7) is 7.68. The predicted octanol–water partition coefficient (Wildman–Crippen LogP) is 1.83. The second-order valence-corrected chi connectivity index (χ2v) is 6.70. The molecule has 1 aliphatic heterocycles. The third kappa shape index (κ3) is 3.30. The summed E-state index contributed by atoms with van der Waals surface area (Å²) in [5.41, 5.74) is 1.25. The first-order chi connectivity index (χ1) is 10.1.